The zero-order chi connectivity index (χ0) is 13.1. The number of alkyl halides is 3. The van der Waals surface area contributed by atoms with E-state index in [-0.39, 0.29) is 12.2 Å². The Morgan fingerprint density at radius 2 is 1.41 bits per heavy atom. The van der Waals surface area contributed by atoms with Crippen molar-refractivity contribution in [2.75, 3.05) is 0 Å². The first-order valence-electron chi connectivity index (χ1n) is 6.54. The SMILES string of the molecule is CCCCCCCCCC(=O)CCC(F)(F)F. The Hall–Kier alpha value is -0.540. The van der Waals surface area contributed by atoms with Crippen LogP contribution in [-0.4, -0.2) is 12.0 Å². The molecular weight excluding hydrogens is 229 g/mol. The van der Waals surface area contributed by atoms with Crippen LogP contribution >= 0.6 is 0 Å². The highest BCUT2D eigenvalue weighted by Crippen LogP contribution is 2.22. The van der Waals surface area contributed by atoms with Crippen molar-refractivity contribution in [3.63, 3.8) is 0 Å². The fourth-order valence-electron chi connectivity index (χ4n) is 1.69. The molecule has 0 aromatic heterocycles. The van der Waals surface area contributed by atoms with Gasteiger partial charge in [-0.2, -0.15) is 13.2 Å². The lowest BCUT2D eigenvalue weighted by Gasteiger charge is -2.05. The second kappa shape index (κ2) is 9.49. The highest BCUT2D eigenvalue weighted by atomic mass is 19.4. The summed E-state index contributed by atoms with van der Waals surface area (Å²) in [5.74, 6) is -0.254. The summed E-state index contributed by atoms with van der Waals surface area (Å²) in [6.45, 7) is 2.15. The average molecular weight is 252 g/mol. The van der Waals surface area contributed by atoms with E-state index in [0.29, 0.717) is 6.42 Å². The molecule has 102 valence electrons. The van der Waals surface area contributed by atoms with Crippen molar-refractivity contribution < 1.29 is 18.0 Å². The van der Waals surface area contributed by atoms with Crippen LogP contribution in [0, 0.1) is 0 Å². The first-order chi connectivity index (χ1) is 7.95. The van der Waals surface area contributed by atoms with Crippen molar-refractivity contribution in [2.45, 2.75) is 77.3 Å². The highest BCUT2D eigenvalue weighted by Gasteiger charge is 2.27. The van der Waals surface area contributed by atoms with Crippen LogP contribution in [0.2, 0.25) is 0 Å². The molecule has 0 fully saturated rings. The monoisotopic (exact) mass is 252 g/mol. The number of Topliss-reactive ketones (excluding diaryl/α,β-unsaturated/α-hetero) is 1. The smallest absolute Gasteiger partial charge is 0.300 e. The molecule has 0 radical (unpaired) electrons. The van der Waals surface area contributed by atoms with Gasteiger partial charge in [0.1, 0.15) is 5.78 Å². The maximum atomic E-state index is 11.8. The summed E-state index contributed by atoms with van der Waals surface area (Å²) in [5, 5.41) is 0. The molecule has 0 heterocycles. The molecule has 0 spiro atoms. The molecule has 0 saturated carbocycles. The third kappa shape index (κ3) is 13.4. The van der Waals surface area contributed by atoms with Gasteiger partial charge in [-0.15, -0.1) is 0 Å². The number of rotatable bonds is 10. The predicted octanol–water partition coefficient (Wildman–Crippen LogP) is 5.04. The Kier molecular flexibility index (Phi) is 9.18. The summed E-state index contributed by atoms with van der Waals surface area (Å²) in [6.07, 6.45) is 2.42. The number of hydrogen-bond acceptors (Lipinski definition) is 1. The molecule has 4 heteroatoms. The van der Waals surface area contributed by atoms with Gasteiger partial charge in [-0.1, -0.05) is 45.4 Å². The molecule has 0 rings (SSSR count). The summed E-state index contributed by atoms with van der Waals surface area (Å²) in [5.41, 5.74) is 0. The summed E-state index contributed by atoms with van der Waals surface area (Å²) in [4.78, 5) is 11.1. The number of ketones is 1. The Balaban J connectivity index is 3.28. The lowest BCUT2D eigenvalue weighted by Crippen LogP contribution is -2.10. The van der Waals surface area contributed by atoms with Gasteiger partial charge in [-0.25, -0.2) is 0 Å². The fourth-order valence-corrected chi connectivity index (χ4v) is 1.69. The lowest BCUT2D eigenvalue weighted by molar-refractivity contribution is -0.143. The standard InChI is InChI=1S/C13H23F3O/c1-2-3-4-5-6-7-8-9-12(17)10-11-13(14,15)16/h2-11H2,1H3. The highest BCUT2D eigenvalue weighted by molar-refractivity contribution is 5.78. The third-order valence-corrected chi connectivity index (χ3v) is 2.75. The summed E-state index contributed by atoms with van der Waals surface area (Å²) in [7, 11) is 0. The number of hydrogen-bond donors (Lipinski definition) is 0. The van der Waals surface area contributed by atoms with Crippen molar-refractivity contribution >= 4 is 5.78 Å². The Labute approximate surface area is 102 Å². The zero-order valence-corrected chi connectivity index (χ0v) is 10.6. The van der Waals surface area contributed by atoms with Crippen molar-refractivity contribution in [3.05, 3.63) is 0 Å². The van der Waals surface area contributed by atoms with Crippen molar-refractivity contribution in [2.24, 2.45) is 0 Å². The summed E-state index contributed by atoms with van der Waals surface area (Å²) in [6, 6.07) is 0. The van der Waals surface area contributed by atoms with E-state index in [1.54, 1.807) is 0 Å². The Morgan fingerprint density at radius 1 is 0.882 bits per heavy atom. The van der Waals surface area contributed by atoms with E-state index < -0.39 is 12.6 Å². The maximum absolute atomic E-state index is 11.8. The Bertz CT molecular complexity index is 199. The molecule has 0 aliphatic carbocycles. The summed E-state index contributed by atoms with van der Waals surface area (Å²) < 4.78 is 35.5. The quantitative estimate of drug-likeness (QED) is 0.498. The molecule has 0 bridgehead atoms. The van der Waals surface area contributed by atoms with Crippen LogP contribution in [0.4, 0.5) is 13.2 Å². The van der Waals surface area contributed by atoms with Gasteiger partial charge in [-0.3, -0.25) is 4.79 Å². The molecule has 17 heavy (non-hydrogen) atoms. The number of unbranched alkanes of at least 4 members (excludes halogenated alkanes) is 6. The van der Waals surface area contributed by atoms with E-state index in [9.17, 15) is 18.0 Å². The first kappa shape index (κ1) is 16.5. The fraction of sp³-hybridized carbons (Fsp3) is 0.923. The number of carbonyl (C=O) groups excluding carboxylic acids is 1. The number of carbonyl (C=O) groups is 1. The third-order valence-electron chi connectivity index (χ3n) is 2.75. The van der Waals surface area contributed by atoms with Crippen LogP contribution in [-0.2, 0) is 4.79 Å². The van der Waals surface area contributed by atoms with Crippen LogP contribution in [0.15, 0.2) is 0 Å². The molecule has 1 nitrogen and oxygen atoms in total. The summed E-state index contributed by atoms with van der Waals surface area (Å²) >= 11 is 0. The predicted molar refractivity (Wildman–Crippen MR) is 62.9 cm³/mol. The molecule has 0 aliphatic heterocycles. The second-order valence-electron chi connectivity index (χ2n) is 4.53. The van der Waals surface area contributed by atoms with Crippen LogP contribution in [0.3, 0.4) is 0 Å². The van der Waals surface area contributed by atoms with Crippen molar-refractivity contribution in [1.82, 2.24) is 0 Å². The van der Waals surface area contributed by atoms with Gasteiger partial charge in [0, 0.05) is 12.8 Å². The molecular formula is C13H23F3O. The van der Waals surface area contributed by atoms with Crippen molar-refractivity contribution in [3.8, 4) is 0 Å². The van der Waals surface area contributed by atoms with E-state index >= 15 is 0 Å². The number of halogens is 3. The van der Waals surface area contributed by atoms with E-state index in [4.69, 9.17) is 0 Å². The Morgan fingerprint density at radius 3 is 1.94 bits per heavy atom. The van der Waals surface area contributed by atoms with Gasteiger partial charge in [0.2, 0.25) is 0 Å². The maximum Gasteiger partial charge on any atom is 0.389 e. The lowest BCUT2D eigenvalue weighted by atomic mass is 10.0. The van der Waals surface area contributed by atoms with Gasteiger partial charge < -0.3 is 0 Å². The van der Waals surface area contributed by atoms with Crippen molar-refractivity contribution in [1.29, 1.82) is 0 Å². The zero-order valence-electron chi connectivity index (χ0n) is 10.6. The average Bonchev–Trinajstić information content (AvgIpc) is 2.24. The van der Waals surface area contributed by atoms with E-state index in [2.05, 4.69) is 6.92 Å². The minimum Gasteiger partial charge on any atom is -0.300 e. The van der Waals surface area contributed by atoms with E-state index in [1.807, 2.05) is 0 Å². The van der Waals surface area contributed by atoms with Crippen LogP contribution in [0.5, 0.6) is 0 Å². The van der Waals surface area contributed by atoms with Gasteiger partial charge >= 0.3 is 6.18 Å². The van der Waals surface area contributed by atoms with Crippen LogP contribution in [0.25, 0.3) is 0 Å². The molecule has 0 amide bonds. The van der Waals surface area contributed by atoms with Gasteiger partial charge in [0.25, 0.3) is 0 Å². The molecule has 0 atom stereocenters. The first-order valence-corrected chi connectivity index (χ1v) is 6.54. The van der Waals surface area contributed by atoms with Gasteiger partial charge in [-0.05, 0) is 6.42 Å². The van der Waals surface area contributed by atoms with E-state index in [1.165, 1.54) is 25.7 Å². The molecule has 0 N–H and O–H groups in total. The molecule has 0 aromatic rings. The molecule has 0 aliphatic rings. The second-order valence-corrected chi connectivity index (χ2v) is 4.53. The van der Waals surface area contributed by atoms with Gasteiger partial charge in [0.05, 0.1) is 6.42 Å². The van der Waals surface area contributed by atoms with Crippen LogP contribution < -0.4 is 0 Å². The van der Waals surface area contributed by atoms with Gasteiger partial charge in [0.15, 0.2) is 0 Å². The molecule has 0 aromatic carbocycles. The minimum absolute atomic E-state index is 0.254. The molecule has 0 unspecified atom stereocenters. The topological polar surface area (TPSA) is 17.1 Å². The minimum atomic E-state index is -4.20. The van der Waals surface area contributed by atoms with E-state index in [0.717, 1.165) is 19.3 Å². The largest absolute Gasteiger partial charge is 0.389 e. The van der Waals surface area contributed by atoms with Crippen LogP contribution in [0.1, 0.15) is 71.1 Å². The normalized spacial score (nSPS) is 11.8. The molecule has 0 saturated heterocycles.